The Morgan fingerprint density at radius 3 is 2.85 bits per heavy atom. The Balaban J connectivity index is 2.91. The van der Waals surface area contributed by atoms with Crippen LogP contribution < -0.4 is 0 Å². The average Bonchev–Trinajstić information content (AvgIpc) is 2.48. The standard InChI is InChI=1S/C7H4ClNO2S2/c8-13(10,11)6-3-1-2-5-4-9-12-7(5)6/h1-4H. The minimum atomic E-state index is -3.66. The maximum atomic E-state index is 11.1. The van der Waals surface area contributed by atoms with Crippen molar-refractivity contribution in [2.75, 3.05) is 0 Å². The zero-order chi connectivity index (χ0) is 9.47. The van der Waals surface area contributed by atoms with Gasteiger partial charge in [0.15, 0.2) is 0 Å². The van der Waals surface area contributed by atoms with Gasteiger partial charge in [-0.15, -0.1) is 0 Å². The van der Waals surface area contributed by atoms with Crippen LogP contribution in [-0.2, 0) is 9.05 Å². The third-order valence-electron chi connectivity index (χ3n) is 1.61. The fourth-order valence-electron chi connectivity index (χ4n) is 1.06. The molecule has 1 aromatic carbocycles. The minimum absolute atomic E-state index is 0.133. The van der Waals surface area contributed by atoms with E-state index in [1.54, 1.807) is 18.3 Å². The first-order chi connectivity index (χ1) is 6.09. The second kappa shape index (κ2) is 2.94. The number of hydrogen-bond donors (Lipinski definition) is 0. The first-order valence-electron chi connectivity index (χ1n) is 3.37. The summed E-state index contributed by atoms with van der Waals surface area (Å²) in [5.74, 6) is 0. The molecule has 0 aliphatic rings. The summed E-state index contributed by atoms with van der Waals surface area (Å²) in [5.41, 5.74) is 0. The maximum absolute atomic E-state index is 11.1. The van der Waals surface area contributed by atoms with Gasteiger partial charge in [-0.3, -0.25) is 0 Å². The molecule has 68 valence electrons. The molecule has 0 N–H and O–H groups in total. The van der Waals surface area contributed by atoms with Crippen molar-refractivity contribution in [3.63, 3.8) is 0 Å². The molecular formula is C7H4ClNO2S2. The monoisotopic (exact) mass is 233 g/mol. The van der Waals surface area contributed by atoms with Crippen LogP contribution in [0, 0.1) is 0 Å². The van der Waals surface area contributed by atoms with Crippen LogP contribution in [0.2, 0.25) is 0 Å². The zero-order valence-electron chi connectivity index (χ0n) is 6.27. The van der Waals surface area contributed by atoms with Crippen LogP contribution in [0.5, 0.6) is 0 Å². The topological polar surface area (TPSA) is 47.0 Å². The number of hydrogen-bond acceptors (Lipinski definition) is 4. The van der Waals surface area contributed by atoms with E-state index >= 15 is 0 Å². The molecule has 0 aliphatic heterocycles. The summed E-state index contributed by atoms with van der Waals surface area (Å²) in [5, 5.41) is 0.798. The van der Waals surface area contributed by atoms with Crippen LogP contribution in [0.3, 0.4) is 0 Å². The normalized spacial score (nSPS) is 12.1. The van der Waals surface area contributed by atoms with Crippen molar-refractivity contribution in [3.05, 3.63) is 24.4 Å². The fraction of sp³-hybridized carbons (Fsp3) is 0. The van der Waals surface area contributed by atoms with Crippen molar-refractivity contribution in [1.82, 2.24) is 4.37 Å². The van der Waals surface area contributed by atoms with Crippen LogP contribution in [0.4, 0.5) is 0 Å². The van der Waals surface area contributed by atoms with E-state index in [-0.39, 0.29) is 4.90 Å². The molecule has 0 unspecified atom stereocenters. The molecule has 0 amide bonds. The molecule has 6 heteroatoms. The van der Waals surface area contributed by atoms with Crippen LogP contribution in [0.15, 0.2) is 29.3 Å². The summed E-state index contributed by atoms with van der Waals surface area (Å²) >= 11 is 1.13. The van der Waals surface area contributed by atoms with Gasteiger partial charge in [-0.1, -0.05) is 12.1 Å². The van der Waals surface area contributed by atoms with Gasteiger partial charge in [0.25, 0.3) is 9.05 Å². The van der Waals surface area contributed by atoms with Crippen molar-refractivity contribution in [3.8, 4) is 0 Å². The third-order valence-corrected chi connectivity index (χ3v) is 3.95. The van der Waals surface area contributed by atoms with Crippen LogP contribution in [0.1, 0.15) is 0 Å². The Hall–Kier alpha value is -0.650. The molecule has 3 nitrogen and oxygen atoms in total. The van der Waals surface area contributed by atoms with E-state index in [4.69, 9.17) is 10.7 Å². The number of aromatic nitrogens is 1. The SMILES string of the molecule is O=S(=O)(Cl)c1cccc2cnsc12. The molecule has 0 saturated heterocycles. The minimum Gasteiger partial charge on any atom is -0.207 e. The van der Waals surface area contributed by atoms with Gasteiger partial charge in [0.1, 0.15) is 4.90 Å². The van der Waals surface area contributed by atoms with Gasteiger partial charge in [-0.05, 0) is 17.6 Å². The summed E-state index contributed by atoms with van der Waals surface area (Å²) in [6.45, 7) is 0. The number of halogens is 1. The lowest BCUT2D eigenvalue weighted by atomic mass is 10.3. The Labute approximate surface area is 83.5 Å². The van der Waals surface area contributed by atoms with Gasteiger partial charge in [0.05, 0.1) is 4.70 Å². The molecule has 13 heavy (non-hydrogen) atoms. The fourth-order valence-corrected chi connectivity index (χ4v) is 3.26. The summed E-state index contributed by atoms with van der Waals surface area (Å²) in [6.07, 6.45) is 1.62. The molecule has 1 heterocycles. The van der Waals surface area contributed by atoms with E-state index < -0.39 is 9.05 Å². The maximum Gasteiger partial charge on any atom is 0.262 e. The van der Waals surface area contributed by atoms with Gasteiger partial charge in [-0.25, -0.2) is 8.42 Å². The summed E-state index contributed by atoms with van der Waals surface area (Å²) in [6, 6.07) is 4.92. The molecule has 0 saturated carbocycles. The van der Waals surface area contributed by atoms with Gasteiger partial charge < -0.3 is 0 Å². The van der Waals surface area contributed by atoms with E-state index in [0.29, 0.717) is 4.70 Å². The molecule has 1 aromatic heterocycles. The van der Waals surface area contributed by atoms with E-state index in [1.165, 1.54) is 6.07 Å². The molecule has 0 aliphatic carbocycles. The molecule has 2 aromatic rings. The smallest absolute Gasteiger partial charge is 0.207 e. The highest BCUT2D eigenvalue weighted by Crippen LogP contribution is 2.28. The molecule has 0 spiro atoms. The highest BCUT2D eigenvalue weighted by Gasteiger charge is 2.14. The predicted octanol–water partition coefficient (Wildman–Crippen LogP) is 2.22. The Kier molecular flexibility index (Phi) is 2.02. The van der Waals surface area contributed by atoms with E-state index in [9.17, 15) is 8.42 Å². The van der Waals surface area contributed by atoms with Crippen molar-refractivity contribution >= 4 is 41.4 Å². The zero-order valence-corrected chi connectivity index (χ0v) is 8.66. The summed E-state index contributed by atoms with van der Waals surface area (Å²) in [4.78, 5) is 0.133. The number of benzene rings is 1. The first kappa shape index (κ1) is 8.93. The molecule has 2 rings (SSSR count). The van der Waals surface area contributed by atoms with Gasteiger partial charge in [0, 0.05) is 22.3 Å². The average molecular weight is 234 g/mol. The number of nitrogens with zero attached hydrogens (tertiary/aromatic N) is 1. The van der Waals surface area contributed by atoms with E-state index in [1.807, 2.05) is 0 Å². The highest BCUT2D eigenvalue weighted by molar-refractivity contribution is 8.14. The Bertz CT molecular complexity index is 546. The second-order valence-electron chi connectivity index (χ2n) is 2.44. The Morgan fingerprint density at radius 2 is 2.15 bits per heavy atom. The highest BCUT2D eigenvalue weighted by atomic mass is 35.7. The van der Waals surface area contributed by atoms with Crippen LogP contribution >= 0.6 is 22.2 Å². The second-order valence-corrected chi connectivity index (χ2v) is 5.77. The molecule has 0 radical (unpaired) electrons. The molecule has 0 atom stereocenters. The van der Waals surface area contributed by atoms with Crippen LogP contribution in [-0.4, -0.2) is 12.8 Å². The van der Waals surface area contributed by atoms with E-state index in [0.717, 1.165) is 16.9 Å². The van der Waals surface area contributed by atoms with Crippen molar-refractivity contribution < 1.29 is 8.42 Å². The Morgan fingerprint density at radius 1 is 1.38 bits per heavy atom. The lowest BCUT2D eigenvalue weighted by Gasteiger charge is -1.95. The third kappa shape index (κ3) is 1.54. The van der Waals surface area contributed by atoms with Gasteiger partial charge in [-0.2, -0.15) is 4.37 Å². The molecule has 0 bridgehead atoms. The van der Waals surface area contributed by atoms with Gasteiger partial charge >= 0.3 is 0 Å². The summed E-state index contributed by atoms with van der Waals surface area (Å²) < 4.78 is 26.7. The first-order valence-corrected chi connectivity index (χ1v) is 6.45. The van der Waals surface area contributed by atoms with Crippen LogP contribution in [0.25, 0.3) is 10.1 Å². The largest absolute Gasteiger partial charge is 0.262 e. The predicted molar refractivity (Wildman–Crippen MR) is 52.7 cm³/mol. The lowest BCUT2D eigenvalue weighted by molar-refractivity contribution is 0.610. The lowest BCUT2D eigenvalue weighted by Crippen LogP contribution is -1.89. The quantitative estimate of drug-likeness (QED) is 0.710. The van der Waals surface area contributed by atoms with E-state index in [2.05, 4.69) is 4.37 Å². The van der Waals surface area contributed by atoms with Crippen molar-refractivity contribution in [1.29, 1.82) is 0 Å². The van der Waals surface area contributed by atoms with Gasteiger partial charge in [0.2, 0.25) is 0 Å². The molecular weight excluding hydrogens is 230 g/mol. The van der Waals surface area contributed by atoms with Crippen molar-refractivity contribution in [2.24, 2.45) is 0 Å². The van der Waals surface area contributed by atoms with Crippen molar-refractivity contribution in [2.45, 2.75) is 4.90 Å². The number of fused-ring (bicyclic) bond motifs is 1. The number of rotatable bonds is 1. The molecule has 0 fully saturated rings. The summed E-state index contributed by atoms with van der Waals surface area (Å²) in [7, 11) is 1.59.